The third kappa shape index (κ3) is 50.9. The van der Waals surface area contributed by atoms with E-state index in [1.54, 1.807) is 0 Å². The molecule has 0 saturated heterocycles. The van der Waals surface area contributed by atoms with Gasteiger partial charge < -0.3 is 24.6 Å². The van der Waals surface area contributed by atoms with Gasteiger partial charge in [-0.05, 0) is 38.5 Å². The molecule has 0 aromatic carbocycles. The number of esters is 2. The first-order valence-electron chi connectivity index (χ1n) is 28.6. The van der Waals surface area contributed by atoms with Crippen molar-refractivity contribution in [1.29, 1.82) is 0 Å². The van der Waals surface area contributed by atoms with Crippen LogP contribution in [0, 0.1) is 0 Å². The second-order valence-electron chi connectivity index (χ2n) is 19.6. The van der Waals surface area contributed by atoms with E-state index in [4.69, 9.17) is 18.5 Å². The quantitative estimate of drug-likeness (QED) is 0.0233. The van der Waals surface area contributed by atoms with Gasteiger partial charge in [-0.25, -0.2) is 4.57 Å². The van der Waals surface area contributed by atoms with E-state index in [1.807, 2.05) is 0 Å². The highest BCUT2D eigenvalue weighted by molar-refractivity contribution is 7.47. The van der Waals surface area contributed by atoms with Crippen LogP contribution in [-0.2, 0) is 32.7 Å². The summed E-state index contributed by atoms with van der Waals surface area (Å²) in [4.78, 5) is 34.8. The number of phosphoric ester groups is 1. The first kappa shape index (κ1) is 65.7. The number of unbranched alkanes of at least 4 members (excludes halogenated alkanes) is 39. The number of phosphoric acid groups is 1. The monoisotopic (exact) mass is 973 g/mol. The lowest BCUT2D eigenvalue weighted by molar-refractivity contribution is -0.153. The highest BCUT2D eigenvalue weighted by atomic mass is 31.2. The SMILES string of the molecule is CCCCCCCCCC/C=C\CCCCCCCCCCCCCC(=O)OC(CO)COP(=O)(O)OCC(CO)OC(=O)CCCCCCCCCCCCCCCCCCCCCCC. The number of rotatable bonds is 55. The molecule has 0 saturated carbocycles. The molecule has 398 valence electrons. The number of carbonyl (C=O) groups is 2. The molecular formula is C56H109O10P. The largest absolute Gasteiger partial charge is 0.472 e. The zero-order valence-corrected chi connectivity index (χ0v) is 44.8. The van der Waals surface area contributed by atoms with Gasteiger partial charge in [0.05, 0.1) is 26.4 Å². The second kappa shape index (κ2) is 52.5. The fourth-order valence-corrected chi connectivity index (χ4v) is 9.37. The summed E-state index contributed by atoms with van der Waals surface area (Å²) in [6.45, 7) is 2.29. The summed E-state index contributed by atoms with van der Waals surface area (Å²) in [6.07, 6.45) is 56.2. The van der Waals surface area contributed by atoms with E-state index in [0.29, 0.717) is 12.8 Å². The van der Waals surface area contributed by atoms with Crippen molar-refractivity contribution in [3.63, 3.8) is 0 Å². The second-order valence-corrected chi connectivity index (χ2v) is 21.1. The molecule has 0 aromatic heterocycles. The summed E-state index contributed by atoms with van der Waals surface area (Å²) in [5, 5.41) is 19.3. The van der Waals surface area contributed by atoms with E-state index in [0.717, 1.165) is 38.5 Å². The molecule has 0 spiro atoms. The lowest BCUT2D eigenvalue weighted by Gasteiger charge is -2.20. The minimum absolute atomic E-state index is 0.196. The van der Waals surface area contributed by atoms with Gasteiger partial charge in [0.15, 0.2) is 0 Å². The predicted molar refractivity (Wildman–Crippen MR) is 279 cm³/mol. The summed E-state index contributed by atoms with van der Waals surface area (Å²) in [5.74, 6) is -1.00. The van der Waals surface area contributed by atoms with Crippen LogP contribution in [0.25, 0.3) is 0 Å². The van der Waals surface area contributed by atoms with Gasteiger partial charge in [0.25, 0.3) is 0 Å². The van der Waals surface area contributed by atoms with Crippen LogP contribution in [0.5, 0.6) is 0 Å². The summed E-state index contributed by atoms with van der Waals surface area (Å²) < 4.78 is 32.8. The Labute approximate surface area is 413 Å². The highest BCUT2D eigenvalue weighted by Gasteiger charge is 2.27. The number of carbonyl (C=O) groups excluding carboxylic acids is 2. The molecule has 11 heteroatoms. The summed E-state index contributed by atoms with van der Waals surface area (Å²) >= 11 is 0. The number of aliphatic hydroxyl groups is 2. The van der Waals surface area contributed by atoms with Crippen molar-refractivity contribution in [2.24, 2.45) is 0 Å². The molecule has 0 aliphatic rings. The molecule has 0 aliphatic carbocycles. The average Bonchev–Trinajstić information content (AvgIpc) is 3.32. The van der Waals surface area contributed by atoms with Crippen LogP contribution in [0.3, 0.4) is 0 Å². The van der Waals surface area contributed by atoms with Crippen LogP contribution in [0.1, 0.15) is 296 Å². The molecule has 0 aromatic rings. The fraction of sp³-hybridized carbons (Fsp3) is 0.929. The fourth-order valence-electron chi connectivity index (χ4n) is 8.59. The van der Waals surface area contributed by atoms with Crippen molar-refractivity contribution in [1.82, 2.24) is 0 Å². The molecule has 3 unspecified atom stereocenters. The Morgan fingerprint density at radius 1 is 0.388 bits per heavy atom. The molecular weight excluding hydrogens is 864 g/mol. The molecule has 3 N–H and O–H groups in total. The van der Waals surface area contributed by atoms with Crippen LogP contribution in [0.15, 0.2) is 12.2 Å². The standard InChI is InChI=1S/C56H109O10P/c1-3-5-7-9-11-13-15-17-19-21-23-25-26-28-30-32-34-36-38-40-42-44-46-48-56(60)66-54(50-58)52-64-67(61,62)63-51-53(49-57)65-55(59)47-45-43-41-39-37-35-33-31-29-27-24-22-20-18-16-14-12-10-8-6-4-2/h21,23,53-54,57-58H,3-20,22,24-52H2,1-2H3,(H,61,62)/b23-21-. The number of ether oxygens (including phenoxy) is 2. The maximum Gasteiger partial charge on any atom is 0.472 e. The van der Waals surface area contributed by atoms with Crippen LogP contribution in [-0.4, -0.2) is 65.7 Å². The molecule has 0 heterocycles. The van der Waals surface area contributed by atoms with Crippen LogP contribution in [0.2, 0.25) is 0 Å². The summed E-state index contributed by atoms with van der Waals surface area (Å²) in [6, 6.07) is 0. The van der Waals surface area contributed by atoms with Crippen LogP contribution >= 0.6 is 7.82 Å². The Morgan fingerprint density at radius 2 is 0.612 bits per heavy atom. The Balaban J connectivity index is 3.75. The number of aliphatic hydroxyl groups excluding tert-OH is 2. The van der Waals surface area contributed by atoms with Crippen molar-refractivity contribution in [2.75, 3.05) is 26.4 Å². The molecule has 0 rings (SSSR count). The van der Waals surface area contributed by atoms with Gasteiger partial charge in [-0.15, -0.1) is 0 Å². The maximum absolute atomic E-state index is 12.4. The van der Waals surface area contributed by atoms with Gasteiger partial charge >= 0.3 is 19.8 Å². The molecule has 3 atom stereocenters. The molecule has 0 amide bonds. The normalized spacial score (nSPS) is 13.6. The highest BCUT2D eigenvalue weighted by Crippen LogP contribution is 2.43. The van der Waals surface area contributed by atoms with E-state index < -0.39 is 58.4 Å². The van der Waals surface area contributed by atoms with E-state index in [9.17, 15) is 29.3 Å². The molecule has 0 radical (unpaired) electrons. The Morgan fingerprint density at radius 3 is 0.851 bits per heavy atom. The third-order valence-corrected chi connectivity index (χ3v) is 13.9. The third-order valence-electron chi connectivity index (χ3n) is 13.0. The van der Waals surface area contributed by atoms with Gasteiger partial charge in [0.1, 0.15) is 12.2 Å². The predicted octanol–water partition coefficient (Wildman–Crippen LogP) is 16.7. The number of hydrogen-bond donors (Lipinski definition) is 3. The Hall–Kier alpha value is -1.29. The Kier molecular flexibility index (Phi) is 51.5. The molecule has 10 nitrogen and oxygen atoms in total. The topological polar surface area (TPSA) is 149 Å². The van der Waals surface area contributed by atoms with Crippen molar-refractivity contribution < 1.29 is 47.8 Å². The van der Waals surface area contributed by atoms with E-state index in [1.165, 1.54) is 218 Å². The van der Waals surface area contributed by atoms with Crippen molar-refractivity contribution in [2.45, 2.75) is 309 Å². The minimum Gasteiger partial charge on any atom is -0.457 e. The molecule has 67 heavy (non-hydrogen) atoms. The molecule has 0 fully saturated rings. The summed E-state index contributed by atoms with van der Waals surface area (Å²) in [5.41, 5.74) is 0. The van der Waals surface area contributed by atoms with Crippen molar-refractivity contribution in [3.8, 4) is 0 Å². The zero-order valence-electron chi connectivity index (χ0n) is 43.9. The van der Waals surface area contributed by atoms with E-state index >= 15 is 0 Å². The zero-order chi connectivity index (χ0) is 49.0. The average molecular weight is 973 g/mol. The van der Waals surface area contributed by atoms with E-state index in [-0.39, 0.29) is 12.8 Å². The van der Waals surface area contributed by atoms with Gasteiger partial charge in [0, 0.05) is 12.8 Å². The van der Waals surface area contributed by atoms with Crippen LogP contribution in [0.4, 0.5) is 0 Å². The van der Waals surface area contributed by atoms with Gasteiger partial charge in [-0.1, -0.05) is 257 Å². The first-order valence-corrected chi connectivity index (χ1v) is 30.1. The number of hydrogen-bond acceptors (Lipinski definition) is 9. The molecule has 0 bridgehead atoms. The van der Waals surface area contributed by atoms with Crippen LogP contribution < -0.4 is 0 Å². The van der Waals surface area contributed by atoms with Gasteiger partial charge in [-0.3, -0.25) is 18.6 Å². The number of allylic oxidation sites excluding steroid dienone is 2. The van der Waals surface area contributed by atoms with Crippen molar-refractivity contribution in [3.05, 3.63) is 12.2 Å². The van der Waals surface area contributed by atoms with Crippen molar-refractivity contribution >= 4 is 19.8 Å². The first-order chi connectivity index (χ1) is 32.8. The maximum atomic E-state index is 12.4. The minimum atomic E-state index is -4.64. The van der Waals surface area contributed by atoms with Gasteiger partial charge in [-0.2, -0.15) is 0 Å². The Bertz CT molecular complexity index is 1120. The lowest BCUT2D eigenvalue weighted by Crippen LogP contribution is -2.28. The smallest absolute Gasteiger partial charge is 0.457 e. The summed E-state index contributed by atoms with van der Waals surface area (Å²) in [7, 11) is -4.64. The van der Waals surface area contributed by atoms with Gasteiger partial charge in [0.2, 0.25) is 0 Å². The molecule has 0 aliphatic heterocycles. The van der Waals surface area contributed by atoms with E-state index in [2.05, 4.69) is 26.0 Å². The lowest BCUT2D eigenvalue weighted by atomic mass is 10.0.